The van der Waals surface area contributed by atoms with E-state index in [1.807, 2.05) is 0 Å². The Morgan fingerprint density at radius 2 is 1.81 bits per heavy atom. The Labute approximate surface area is 134 Å². The first-order valence-electron chi connectivity index (χ1n) is 8.53. The highest BCUT2D eigenvalue weighted by Gasteiger charge is 2.31. The standard InChI is InChI=1S/C16H31N3OS/c1-3-18(4-2)9-10-21-13-16(20)19-7-5-14-11-17-12-15(14)6-8-19/h14-15,17H,3-13H2,1-2H3/t14-,15+. The number of nitrogens with one attached hydrogen (secondary N) is 1. The van der Waals surface area contributed by atoms with E-state index in [-0.39, 0.29) is 0 Å². The van der Waals surface area contributed by atoms with Crippen molar-refractivity contribution in [1.29, 1.82) is 0 Å². The third-order valence-electron chi connectivity index (χ3n) is 5.04. The topological polar surface area (TPSA) is 35.6 Å². The van der Waals surface area contributed by atoms with E-state index in [1.165, 1.54) is 12.8 Å². The van der Waals surface area contributed by atoms with Crippen LogP contribution >= 0.6 is 11.8 Å². The van der Waals surface area contributed by atoms with Crippen molar-refractivity contribution in [3.05, 3.63) is 0 Å². The van der Waals surface area contributed by atoms with E-state index in [2.05, 4.69) is 29.0 Å². The molecule has 5 heteroatoms. The zero-order valence-electron chi connectivity index (χ0n) is 13.6. The molecular formula is C16H31N3OS. The number of hydrogen-bond donors (Lipinski definition) is 1. The smallest absolute Gasteiger partial charge is 0.232 e. The molecule has 0 saturated carbocycles. The van der Waals surface area contributed by atoms with Gasteiger partial charge < -0.3 is 15.1 Å². The summed E-state index contributed by atoms with van der Waals surface area (Å²) in [5, 5.41) is 3.49. The van der Waals surface area contributed by atoms with Crippen molar-refractivity contribution in [2.24, 2.45) is 11.8 Å². The first-order chi connectivity index (χ1) is 10.2. The fourth-order valence-electron chi connectivity index (χ4n) is 3.45. The van der Waals surface area contributed by atoms with Gasteiger partial charge in [-0.2, -0.15) is 11.8 Å². The molecule has 0 radical (unpaired) electrons. The number of likely N-dealkylation sites (tertiary alicyclic amines) is 1. The highest BCUT2D eigenvalue weighted by molar-refractivity contribution is 7.99. The predicted octanol–water partition coefficient (Wildman–Crippen LogP) is 1.52. The molecule has 122 valence electrons. The Balaban J connectivity index is 1.64. The van der Waals surface area contributed by atoms with Gasteiger partial charge >= 0.3 is 0 Å². The van der Waals surface area contributed by atoms with E-state index < -0.39 is 0 Å². The van der Waals surface area contributed by atoms with Crippen molar-refractivity contribution in [3.8, 4) is 0 Å². The number of nitrogens with zero attached hydrogens (tertiary/aromatic N) is 2. The van der Waals surface area contributed by atoms with Gasteiger partial charge in [0.25, 0.3) is 0 Å². The largest absolute Gasteiger partial charge is 0.342 e. The Kier molecular flexibility index (Phi) is 7.34. The van der Waals surface area contributed by atoms with Gasteiger partial charge in [-0.05, 0) is 50.9 Å². The molecule has 2 heterocycles. The molecule has 0 spiro atoms. The highest BCUT2D eigenvalue weighted by atomic mass is 32.2. The average Bonchev–Trinajstić information content (AvgIpc) is 2.86. The lowest BCUT2D eigenvalue weighted by atomic mass is 9.92. The Bertz CT molecular complexity index is 309. The van der Waals surface area contributed by atoms with Crippen LogP contribution in [0.4, 0.5) is 0 Å². The summed E-state index contributed by atoms with van der Waals surface area (Å²) < 4.78 is 0. The van der Waals surface area contributed by atoms with Crippen LogP contribution in [0.5, 0.6) is 0 Å². The normalized spacial score (nSPS) is 26.0. The van der Waals surface area contributed by atoms with Crippen molar-refractivity contribution >= 4 is 17.7 Å². The minimum Gasteiger partial charge on any atom is -0.342 e. The predicted molar refractivity (Wildman–Crippen MR) is 90.8 cm³/mol. The van der Waals surface area contributed by atoms with Crippen LogP contribution in [0.25, 0.3) is 0 Å². The van der Waals surface area contributed by atoms with Crippen molar-refractivity contribution in [2.75, 3.05) is 57.3 Å². The molecule has 21 heavy (non-hydrogen) atoms. The van der Waals surface area contributed by atoms with Crippen molar-refractivity contribution in [1.82, 2.24) is 15.1 Å². The Morgan fingerprint density at radius 3 is 2.38 bits per heavy atom. The molecule has 2 rings (SSSR count). The lowest BCUT2D eigenvalue weighted by molar-refractivity contribution is -0.128. The summed E-state index contributed by atoms with van der Waals surface area (Å²) in [4.78, 5) is 16.9. The number of fused-ring (bicyclic) bond motifs is 1. The molecule has 2 aliphatic heterocycles. The third-order valence-corrected chi connectivity index (χ3v) is 5.97. The minimum atomic E-state index is 0.354. The fourth-order valence-corrected chi connectivity index (χ4v) is 4.34. The summed E-state index contributed by atoms with van der Waals surface area (Å²) in [5.74, 6) is 3.69. The van der Waals surface area contributed by atoms with Gasteiger partial charge in [-0.1, -0.05) is 13.8 Å². The molecule has 0 aliphatic carbocycles. The minimum absolute atomic E-state index is 0.354. The maximum Gasteiger partial charge on any atom is 0.232 e. The van der Waals surface area contributed by atoms with Crippen LogP contribution in [0.15, 0.2) is 0 Å². The zero-order chi connectivity index (χ0) is 15.1. The van der Waals surface area contributed by atoms with E-state index in [1.54, 1.807) is 11.8 Å². The summed E-state index contributed by atoms with van der Waals surface area (Å²) in [5.41, 5.74) is 0. The fraction of sp³-hybridized carbons (Fsp3) is 0.938. The van der Waals surface area contributed by atoms with Gasteiger partial charge in [0.1, 0.15) is 0 Å². The lowest BCUT2D eigenvalue weighted by Gasteiger charge is -2.21. The number of carbonyl (C=O) groups is 1. The molecular weight excluding hydrogens is 282 g/mol. The van der Waals surface area contributed by atoms with Crippen LogP contribution in [0.2, 0.25) is 0 Å². The summed E-state index contributed by atoms with van der Waals surface area (Å²) in [6, 6.07) is 0. The summed E-state index contributed by atoms with van der Waals surface area (Å²) in [6.45, 7) is 12.0. The number of thioether (sulfide) groups is 1. The molecule has 2 aliphatic rings. The lowest BCUT2D eigenvalue weighted by Crippen LogP contribution is -2.34. The van der Waals surface area contributed by atoms with E-state index in [9.17, 15) is 4.79 Å². The molecule has 0 bridgehead atoms. The molecule has 1 amide bonds. The van der Waals surface area contributed by atoms with Gasteiger partial charge in [-0.15, -0.1) is 0 Å². The van der Waals surface area contributed by atoms with Crippen molar-refractivity contribution in [3.63, 3.8) is 0 Å². The SMILES string of the molecule is CCN(CC)CCSCC(=O)N1CC[C@@H]2CNC[C@@H]2CC1. The van der Waals surface area contributed by atoms with Crippen LogP contribution in [-0.2, 0) is 4.79 Å². The number of hydrogen-bond acceptors (Lipinski definition) is 4. The van der Waals surface area contributed by atoms with Gasteiger partial charge in [0.05, 0.1) is 5.75 Å². The number of amides is 1. The second-order valence-electron chi connectivity index (χ2n) is 6.22. The van der Waals surface area contributed by atoms with Crippen LogP contribution in [-0.4, -0.2) is 73.0 Å². The maximum absolute atomic E-state index is 12.3. The average molecular weight is 314 g/mol. The van der Waals surface area contributed by atoms with Gasteiger partial charge in [0, 0.05) is 25.4 Å². The van der Waals surface area contributed by atoms with Crippen molar-refractivity contribution in [2.45, 2.75) is 26.7 Å². The second-order valence-corrected chi connectivity index (χ2v) is 7.32. The maximum atomic E-state index is 12.3. The molecule has 2 atom stereocenters. The molecule has 0 unspecified atom stereocenters. The van der Waals surface area contributed by atoms with Crippen LogP contribution in [0.1, 0.15) is 26.7 Å². The van der Waals surface area contributed by atoms with Gasteiger partial charge in [0.2, 0.25) is 5.91 Å². The molecule has 0 aromatic heterocycles. The van der Waals surface area contributed by atoms with E-state index in [4.69, 9.17) is 0 Å². The third kappa shape index (κ3) is 5.15. The van der Waals surface area contributed by atoms with Gasteiger partial charge in [0.15, 0.2) is 0 Å². The monoisotopic (exact) mass is 313 g/mol. The number of carbonyl (C=O) groups excluding carboxylic acids is 1. The summed E-state index contributed by atoms with van der Waals surface area (Å²) in [6.07, 6.45) is 2.38. The Hall–Kier alpha value is -0.260. The highest BCUT2D eigenvalue weighted by Crippen LogP contribution is 2.27. The number of rotatable bonds is 7. The van der Waals surface area contributed by atoms with Crippen LogP contribution in [0, 0.1) is 11.8 Å². The van der Waals surface area contributed by atoms with E-state index in [0.717, 1.165) is 63.4 Å². The van der Waals surface area contributed by atoms with Crippen LogP contribution < -0.4 is 5.32 Å². The summed E-state index contributed by atoms with van der Waals surface area (Å²) in [7, 11) is 0. The molecule has 1 N–H and O–H groups in total. The Morgan fingerprint density at radius 1 is 1.19 bits per heavy atom. The molecule has 2 fully saturated rings. The first-order valence-corrected chi connectivity index (χ1v) is 9.68. The van der Waals surface area contributed by atoms with Crippen molar-refractivity contribution < 1.29 is 4.79 Å². The molecule has 0 aromatic rings. The quantitative estimate of drug-likeness (QED) is 0.723. The second kappa shape index (κ2) is 9.01. The molecule has 4 nitrogen and oxygen atoms in total. The van der Waals surface area contributed by atoms with E-state index in [0.29, 0.717) is 11.7 Å². The van der Waals surface area contributed by atoms with E-state index >= 15 is 0 Å². The first kappa shape index (κ1) is 17.1. The van der Waals surface area contributed by atoms with Gasteiger partial charge in [-0.3, -0.25) is 4.79 Å². The molecule has 2 saturated heterocycles. The molecule has 0 aromatic carbocycles. The van der Waals surface area contributed by atoms with Crippen LogP contribution in [0.3, 0.4) is 0 Å². The summed E-state index contributed by atoms with van der Waals surface area (Å²) >= 11 is 1.80. The van der Waals surface area contributed by atoms with Gasteiger partial charge in [-0.25, -0.2) is 0 Å². The zero-order valence-corrected chi connectivity index (χ0v) is 14.5.